The summed E-state index contributed by atoms with van der Waals surface area (Å²) in [6.07, 6.45) is 2.35. The van der Waals surface area contributed by atoms with Crippen molar-refractivity contribution in [2.24, 2.45) is 5.92 Å². The SMILES string of the molecule is COc1ccccc1SC[C@@H]1O[C@H](c2ccc(CNC(=O)c3cccnc3)cc2)O[C@H](c2ccc(CO)cc2)[C@@H]1C. The number of nitrogens with zero attached hydrogens (tertiary/aromatic N) is 1. The normalized spacial score (nSPS) is 20.4. The van der Waals surface area contributed by atoms with E-state index in [2.05, 4.69) is 23.3 Å². The molecule has 7 nitrogen and oxygen atoms in total. The zero-order chi connectivity index (χ0) is 28.6. The number of amides is 1. The summed E-state index contributed by atoms with van der Waals surface area (Å²) >= 11 is 1.71. The van der Waals surface area contributed by atoms with Gasteiger partial charge in [-0.1, -0.05) is 67.6 Å². The molecule has 212 valence electrons. The Morgan fingerprint density at radius 3 is 2.39 bits per heavy atom. The fraction of sp³-hybridized carbons (Fsp3) is 0.273. The van der Waals surface area contributed by atoms with Crippen LogP contribution in [0.15, 0.2) is 102 Å². The summed E-state index contributed by atoms with van der Waals surface area (Å²) in [7, 11) is 1.68. The lowest BCUT2D eigenvalue weighted by molar-refractivity contribution is -0.268. The Balaban J connectivity index is 1.32. The van der Waals surface area contributed by atoms with Gasteiger partial charge in [0.15, 0.2) is 6.29 Å². The van der Waals surface area contributed by atoms with E-state index >= 15 is 0 Å². The molecule has 8 heteroatoms. The monoisotopic (exact) mass is 570 g/mol. The molecule has 0 radical (unpaired) electrons. The van der Waals surface area contributed by atoms with Crippen molar-refractivity contribution >= 4 is 17.7 Å². The first-order valence-corrected chi connectivity index (χ1v) is 14.6. The molecular weight excluding hydrogens is 536 g/mol. The Morgan fingerprint density at radius 1 is 0.951 bits per heavy atom. The van der Waals surface area contributed by atoms with Gasteiger partial charge in [-0.15, -0.1) is 11.8 Å². The Bertz CT molecular complexity index is 1420. The molecule has 2 heterocycles. The van der Waals surface area contributed by atoms with Gasteiger partial charge in [0.25, 0.3) is 5.91 Å². The predicted molar refractivity (Wildman–Crippen MR) is 159 cm³/mol. The van der Waals surface area contributed by atoms with Gasteiger partial charge in [-0.05, 0) is 41.0 Å². The van der Waals surface area contributed by atoms with Crippen molar-refractivity contribution in [3.63, 3.8) is 0 Å². The Morgan fingerprint density at radius 2 is 1.68 bits per heavy atom. The average Bonchev–Trinajstić information content (AvgIpc) is 3.04. The predicted octanol–water partition coefficient (Wildman–Crippen LogP) is 6.10. The summed E-state index contributed by atoms with van der Waals surface area (Å²) in [5.41, 5.74) is 4.31. The zero-order valence-corrected chi connectivity index (χ0v) is 23.9. The van der Waals surface area contributed by atoms with Crippen LogP contribution in [0.3, 0.4) is 0 Å². The largest absolute Gasteiger partial charge is 0.496 e. The summed E-state index contributed by atoms with van der Waals surface area (Å²) in [5.74, 6) is 1.48. The summed E-state index contributed by atoms with van der Waals surface area (Å²) in [6, 6.07) is 27.3. The minimum atomic E-state index is -0.559. The first-order chi connectivity index (χ1) is 20.1. The second kappa shape index (κ2) is 13.8. The van der Waals surface area contributed by atoms with E-state index in [0.29, 0.717) is 12.1 Å². The Kier molecular flexibility index (Phi) is 9.69. The second-order valence-corrected chi connectivity index (χ2v) is 11.0. The van der Waals surface area contributed by atoms with Gasteiger partial charge in [0.1, 0.15) is 5.75 Å². The first-order valence-electron chi connectivity index (χ1n) is 13.6. The average molecular weight is 571 g/mol. The maximum Gasteiger partial charge on any atom is 0.253 e. The molecular formula is C33H34N2O5S. The minimum Gasteiger partial charge on any atom is -0.496 e. The number of thioether (sulfide) groups is 1. The number of pyridine rings is 1. The molecule has 0 aliphatic carbocycles. The van der Waals surface area contributed by atoms with E-state index in [1.165, 1.54) is 0 Å². The molecule has 4 aromatic rings. The van der Waals surface area contributed by atoms with Crippen LogP contribution in [0.5, 0.6) is 5.75 Å². The Labute approximate surface area is 244 Å². The van der Waals surface area contributed by atoms with Crippen LogP contribution in [0, 0.1) is 5.92 Å². The van der Waals surface area contributed by atoms with Gasteiger partial charge in [0.2, 0.25) is 0 Å². The summed E-state index contributed by atoms with van der Waals surface area (Å²) < 4.78 is 18.7. The van der Waals surface area contributed by atoms with Crippen LogP contribution in [-0.4, -0.2) is 35.0 Å². The molecule has 0 bridgehead atoms. The third kappa shape index (κ3) is 7.15. The van der Waals surface area contributed by atoms with Gasteiger partial charge in [-0.3, -0.25) is 9.78 Å². The second-order valence-electron chi connectivity index (χ2n) is 9.95. The molecule has 1 aliphatic rings. The van der Waals surface area contributed by atoms with E-state index in [4.69, 9.17) is 14.2 Å². The summed E-state index contributed by atoms with van der Waals surface area (Å²) in [5, 5.41) is 12.4. The van der Waals surface area contributed by atoms with Crippen LogP contribution in [0.2, 0.25) is 0 Å². The fourth-order valence-electron chi connectivity index (χ4n) is 4.79. The highest BCUT2D eigenvalue weighted by atomic mass is 32.2. The lowest BCUT2D eigenvalue weighted by Gasteiger charge is -2.41. The third-order valence-corrected chi connectivity index (χ3v) is 8.37. The van der Waals surface area contributed by atoms with Crippen molar-refractivity contribution in [2.75, 3.05) is 12.9 Å². The van der Waals surface area contributed by atoms with Gasteiger partial charge in [0.05, 0.1) is 31.5 Å². The van der Waals surface area contributed by atoms with Crippen LogP contribution >= 0.6 is 11.8 Å². The van der Waals surface area contributed by atoms with Crippen molar-refractivity contribution in [3.8, 4) is 5.75 Å². The van der Waals surface area contributed by atoms with E-state index in [-0.39, 0.29) is 30.6 Å². The molecule has 0 spiro atoms. The number of aromatic nitrogens is 1. The molecule has 4 atom stereocenters. The maximum atomic E-state index is 12.4. The quantitative estimate of drug-likeness (QED) is 0.223. The summed E-state index contributed by atoms with van der Waals surface area (Å²) in [4.78, 5) is 17.5. The zero-order valence-electron chi connectivity index (χ0n) is 23.1. The molecule has 1 aliphatic heterocycles. The van der Waals surface area contributed by atoms with Gasteiger partial charge >= 0.3 is 0 Å². The highest BCUT2D eigenvalue weighted by molar-refractivity contribution is 7.99. The third-order valence-electron chi connectivity index (χ3n) is 7.22. The van der Waals surface area contributed by atoms with Gasteiger partial charge < -0.3 is 24.6 Å². The van der Waals surface area contributed by atoms with Gasteiger partial charge in [-0.2, -0.15) is 0 Å². The molecule has 1 amide bonds. The number of para-hydroxylation sites is 1. The smallest absolute Gasteiger partial charge is 0.253 e. The number of hydrogen-bond acceptors (Lipinski definition) is 7. The van der Waals surface area contributed by atoms with Crippen LogP contribution < -0.4 is 10.1 Å². The molecule has 1 fully saturated rings. The number of rotatable bonds is 10. The number of aliphatic hydroxyl groups excluding tert-OH is 1. The number of hydrogen-bond donors (Lipinski definition) is 2. The van der Waals surface area contributed by atoms with Crippen molar-refractivity contribution < 1.29 is 24.1 Å². The molecule has 0 saturated carbocycles. The molecule has 5 rings (SSSR count). The van der Waals surface area contributed by atoms with Crippen LogP contribution in [0.25, 0.3) is 0 Å². The van der Waals surface area contributed by atoms with E-state index in [1.807, 2.05) is 66.7 Å². The van der Waals surface area contributed by atoms with E-state index in [0.717, 1.165) is 38.7 Å². The fourth-order valence-corrected chi connectivity index (χ4v) is 5.99. The van der Waals surface area contributed by atoms with E-state index in [9.17, 15) is 9.90 Å². The maximum absolute atomic E-state index is 12.4. The van der Waals surface area contributed by atoms with Crippen LogP contribution in [0.4, 0.5) is 0 Å². The highest BCUT2D eigenvalue weighted by Gasteiger charge is 2.38. The molecule has 2 N–H and O–H groups in total. The van der Waals surface area contributed by atoms with Crippen molar-refractivity contribution in [1.29, 1.82) is 0 Å². The number of nitrogens with one attached hydrogen (secondary N) is 1. The Hall–Kier alpha value is -3.69. The molecule has 1 saturated heterocycles. The number of benzene rings is 3. The standard InChI is InChI=1S/C33H34N2O5S/c1-22-29(21-41-30-8-4-3-7-28(30)38-2)39-33(40-31(22)25-13-11-24(20-36)12-14-25)26-15-9-23(10-16-26)18-35-32(37)27-6-5-17-34-19-27/h3-17,19,22,29,31,33,36H,18,20-21H2,1-2H3,(H,35,37)/t22-,29+,31+,33+/m1/s1. The number of aliphatic hydroxyl groups is 1. The molecule has 0 unspecified atom stereocenters. The number of methoxy groups -OCH3 is 1. The molecule has 3 aromatic carbocycles. The van der Waals surface area contributed by atoms with Gasteiger partial charge in [0, 0.05) is 41.1 Å². The topological polar surface area (TPSA) is 89.9 Å². The van der Waals surface area contributed by atoms with Gasteiger partial charge in [-0.25, -0.2) is 0 Å². The lowest BCUT2D eigenvalue weighted by atomic mass is 9.91. The van der Waals surface area contributed by atoms with Crippen molar-refractivity contribution in [2.45, 2.75) is 43.5 Å². The summed E-state index contributed by atoms with van der Waals surface area (Å²) in [6.45, 7) is 2.55. The number of ether oxygens (including phenoxy) is 3. The highest BCUT2D eigenvalue weighted by Crippen LogP contribution is 2.43. The first kappa shape index (κ1) is 28.8. The number of carbonyl (C=O) groups is 1. The molecule has 1 aromatic heterocycles. The molecule has 41 heavy (non-hydrogen) atoms. The number of carbonyl (C=O) groups excluding carboxylic acids is 1. The van der Waals surface area contributed by atoms with E-state index < -0.39 is 6.29 Å². The van der Waals surface area contributed by atoms with Crippen molar-refractivity contribution in [3.05, 3.63) is 125 Å². The lowest BCUT2D eigenvalue weighted by Crippen LogP contribution is -2.38. The van der Waals surface area contributed by atoms with Crippen LogP contribution in [0.1, 0.15) is 51.9 Å². The van der Waals surface area contributed by atoms with Crippen molar-refractivity contribution in [1.82, 2.24) is 10.3 Å². The minimum absolute atomic E-state index is 0.000305. The van der Waals surface area contributed by atoms with Crippen LogP contribution in [-0.2, 0) is 22.6 Å². The van der Waals surface area contributed by atoms with E-state index in [1.54, 1.807) is 43.4 Å².